The average Bonchev–Trinajstić information content (AvgIpc) is 3.07. The fourth-order valence-electron chi connectivity index (χ4n) is 1.85. The summed E-state index contributed by atoms with van der Waals surface area (Å²) >= 11 is 0. The predicted molar refractivity (Wildman–Crippen MR) is 68.6 cm³/mol. The Kier molecular flexibility index (Phi) is 2.97. The van der Waals surface area contributed by atoms with Crippen molar-refractivity contribution in [2.75, 3.05) is 6.61 Å². The molecule has 0 aliphatic rings. The van der Waals surface area contributed by atoms with Gasteiger partial charge in [-0.1, -0.05) is 18.2 Å². The van der Waals surface area contributed by atoms with Gasteiger partial charge < -0.3 is 4.74 Å². The van der Waals surface area contributed by atoms with Crippen LogP contribution in [-0.2, 0) is 11.3 Å². The van der Waals surface area contributed by atoms with Crippen LogP contribution in [0, 0.1) is 0 Å². The molecule has 6 nitrogen and oxygen atoms in total. The average molecular weight is 256 g/mol. The Morgan fingerprint density at radius 3 is 3.05 bits per heavy atom. The minimum atomic E-state index is -0.426. The molecule has 0 saturated heterocycles. The van der Waals surface area contributed by atoms with Crippen molar-refractivity contribution in [3.63, 3.8) is 0 Å². The summed E-state index contributed by atoms with van der Waals surface area (Å²) in [6, 6.07) is 9.26. The second-order valence-electron chi connectivity index (χ2n) is 4.02. The Hall–Kier alpha value is -2.63. The minimum absolute atomic E-state index is 0.266. The van der Waals surface area contributed by atoms with Gasteiger partial charge in [-0.05, 0) is 12.1 Å². The summed E-state index contributed by atoms with van der Waals surface area (Å²) in [7, 11) is 0. The van der Waals surface area contributed by atoms with Crippen LogP contribution in [0.1, 0.15) is 10.5 Å². The van der Waals surface area contributed by atoms with Gasteiger partial charge in [0.05, 0.1) is 12.1 Å². The predicted octanol–water partition coefficient (Wildman–Crippen LogP) is 1.62. The molecule has 0 atom stereocenters. The van der Waals surface area contributed by atoms with E-state index in [0.717, 1.165) is 10.9 Å². The molecular formula is C13H12N4O2. The number of carbonyl (C=O) groups is 1. The zero-order chi connectivity index (χ0) is 13.1. The van der Waals surface area contributed by atoms with Crippen LogP contribution in [0.4, 0.5) is 0 Å². The van der Waals surface area contributed by atoms with Crippen molar-refractivity contribution in [1.82, 2.24) is 20.0 Å². The highest BCUT2D eigenvalue weighted by molar-refractivity contribution is 6.01. The van der Waals surface area contributed by atoms with Crippen molar-refractivity contribution in [2.24, 2.45) is 0 Å². The van der Waals surface area contributed by atoms with Crippen LogP contribution >= 0.6 is 0 Å². The number of rotatable bonds is 4. The number of esters is 1. The van der Waals surface area contributed by atoms with Crippen molar-refractivity contribution >= 4 is 16.9 Å². The maximum Gasteiger partial charge on any atom is 0.359 e. The Balaban J connectivity index is 1.67. The molecule has 3 aromatic rings. The lowest BCUT2D eigenvalue weighted by Gasteiger charge is -2.03. The van der Waals surface area contributed by atoms with Crippen LogP contribution in [0.25, 0.3) is 10.9 Å². The van der Waals surface area contributed by atoms with E-state index in [-0.39, 0.29) is 6.61 Å². The molecule has 1 aromatic carbocycles. The highest BCUT2D eigenvalue weighted by Crippen LogP contribution is 2.15. The van der Waals surface area contributed by atoms with E-state index in [2.05, 4.69) is 15.3 Å². The fourth-order valence-corrected chi connectivity index (χ4v) is 1.85. The summed E-state index contributed by atoms with van der Waals surface area (Å²) in [5.74, 6) is -0.426. The third-order valence-corrected chi connectivity index (χ3v) is 2.78. The standard InChI is InChI=1S/C13H12N4O2/c18-13(19-9-8-17-7-3-6-14-17)12-10-4-1-2-5-11(10)15-16-12/h1-7H,8-9H2,(H,15,16). The highest BCUT2D eigenvalue weighted by atomic mass is 16.5. The first-order chi connectivity index (χ1) is 9.34. The number of H-pyrrole nitrogens is 1. The Bertz CT molecular complexity index is 688. The Morgan fingerprint density at radius 1 is 1.32 bits per heavy atom. The van der Waals surface area contributed by atoms with Crippen molar-refractivity contribution in [3.8, 4) is 0 Å². The minimum Gasteiger partial charge on any atom is -0.459 e. The molecule has 2 aromatic heterocycles. The molecule has 1 N–H and O–H groups in total. The summed E-state index contributed by atoms with van der Waals surface area (Å²) in [6.07, 6.45) is 3.50. The normalized spacial score (nSPS) is 10.7. The highest BCUT2D eigenvalue weighted by Gasteiger charge is 2.14. The first-order valence-corrected chi connectivity index (χ1v) is 5.92. The summed E-state index contributed by atoms with van der Waals surface area (Å²) in [5.41, 5.74) is 1.14. The number of hydrogen-bond donors (Lipinski definition) is 1. The molecule has 3 rings (SSSR count). The Morgan fingerprint density at radius 2 is 2.21 bits per heavy atom. The summed E-state index contributed by atoms with van der Waals surface area (Å²) < 4.78 is 6.89. The van der Waals surface area contributed by atoms with Gasteiger partial charge >= 0.3 is 5.97 Å². The van der Waals surface area contributed by atoms with Crippen LogP contribution in [-0.4, -0.2) is 32.6 Å². The van der Waals surface area contributed by atoms with E-state index in [1.54, 1.807) is 10.9 Å². The van der Waals surface area contributed by atoms with Gasteiger partial charge in [-0.15, -0.1) is 0 Å². The SMILES string of the molecule is O=C(OCCn1cccn1)c1n[nH]c2ccccc12. The van der Waals surface area contributed by atoms with E-state index < -0.39 is 5.97 Å². The largest absolute Gasteiger partial charge is 0.459 e. The van der Waals surface area contributed by atoms with E-state index >= 15 is 0 Å². The van der Waals surface area contributed by atoms with E-state index in [1.165, 1.54) is 0 Å². The topological polar surface area (TPSA) is 72.8 Å². The summed E-state index contributed by atoms with van der Waals surface area (Å²) in [5, 5.41) is 11.6. The van der Waals surface area contributed by atoms with E-state index in [1.807, 2.05) is 36.5 Å². The molecule has 0 spiro atoms. The van der Waals surface area contributed by atoms with Gasteiger partial charge in [0.2, 0.25) is 0 Å². The lowest BCUT2D eigenvalue weighted by molar-refractivity contribution is 0.0483. The number of para-hydroxylation sites is 1. The van der Waals surface area contributed by atoms with E-state index in [9.17, 15) is 4.79 Å². The zero-order valence-corrected chi connectivity index (χ0v) is 10.1. The van der Waals surface area contributed by atoms with Crippen LogP contribution in [0.15, 0.2) is 42.7 Å². The molecule has 0 aliphatic heterocycles. The number of nitrogens with one attached hydrogen (secondary N) is 1. The van der Waals surface area contributed by atoms with Gasteiger partial charge in [-0.3, -0.25) is 9.78 Å². The van der Waals surface area contributed by atoms with Crippen molar-refractivity contribution < 1.29 is 9.53 Å². The lowest BCUT2D eigenvalue weighted by Crippen LogP contribution is -2.12. The Labute approximate surface area is 109 Å². The maximum atomic E-state index is 11.9. The van der Waals surface area contributed by atoms with Gasteiger partial charge in [0.15, 0.2) is 5.69 Å². The smallest absolute Gasteiger partial charge is 0.359 e. The second-order valence-corrected chi connectivity index (χ2v) is 4.02. The molecule has 0 fully saturated rings. The van der Waals surface area contributed by atoms with Crippen LogP contribution in [0.2, 0.25) is 0 Å². The number of hydrogen-bond acceptors (Lipinski definition) is 4. The second kappa shape index (κ2) is 4.93. The number of fused-ring (bicyclic) bond motifs is 1. The molecule has 19 heavy (non-hydrogen) atoms. The number of aromatic amines is 1. The summed E-state index contributed by atoms with van der Waals surface area (Å²) in [4.78, 5) is 11.9. The number of ether oxygens (including phenoxy) is 1. The van der Waals surface area contributed by atoms with E-state index in [0.29, 0.717) is 12.2 Å². The third-order valence-electron chi connectivity index (χ3n) is 2.78. The van der Waals surface area contributed by atoms with Crippen LogP contribution < -0.4 is 0 Å². The van der Waals surface area contributed by atoms with Crippen LogP contribution in [0.3, 0.4) is 0 Å². The van der Waals surface area contributed by atoms with E-state index in [4.69, 9.17) is 4.74 Å². The number of aromatic nitrogens is 4. The quantitative estimate of drug-likeness (QED) is 0.720. The first kappa shape index (κ1) is 11.5. The molecule has 0 bridgehead atoms. The maximum absolute atomic E-state index is 11.9. The monoisotopic (exact) mass is 256 g/mol. The molecule has 0 radical (unpaired) electrons. The molecule has 0 amide bonds. The molecule has 96 valence electrons. The van der Waals surface area contributed by atoms with Crippen molar-refractivity contribution in [1.29, 1.82) is 0 Å². The van der Waals surface area contributed by atoms with Crippen molar-refractivity contribution in [3.05, 3.63) is 48.4 Å². The zero-order valence-electron chi connectivity index (χ0n) is 10.1. The molecule has 0 unspecified atom stereocenters. The molecule has 2 heterocycles. The first-order valence-electron chi connectivity index (χ1n) is 5.92. The van der Waals surface area contributed by atoms with Crippen molar-refractivity contribution in [2.45, 2.75) is 6.54 Å². The molecule has 0 saturated carbocycles. The molecule has 6 heteroatoms. The van der Waals surface area contributed by atoms with Gasteiger partial charge in [0, 0.05) is 17.8 Å². The third kappa shape index (κ3) is 2.33. The number of benzene rings is 1. The van der Waals surface area contributed by atoms with Crippen LogP contribution in [0.5, 0.6) is 0 Å². The summed E-state index contributed by atoms with van der Waals surface area (Å²) in [6.45, 7) is 0.794. The van der Waals surface area contributed by atoms with Gasteiger partial charge in [0.25, 0.3) is 0 Å². The molecular weight excluding hydrogens is 244 g/mol. The van der Waals surface area contributed by atoms with Gasteiger partial charge in [-0.25, -0.2) is 4.79 Å². The molecule has 0 aliphatic carbocycles. The van der Waals surface area contributed by atoms with Gasteiger partial charge in [0.1, 0.15) is 6.61 Å². The fraction of sp³-hybridized carbons (Fsp3) is 0.154. The number of nitrogens with zero attached hydrogens (tertiary/aromatic N) is 3. The lowest BCUT2D eigenvalue weighted by atomic mass is 10.2. The van der Waals surface area contributed by atoms with Gasteiger partial charge in [-0.2, -0.15) is 10.2 Å². The number of carbonyl (C=O) groups excluding carboxylic acids is 1.